The highest BCUT2D eigenvalue weighted by atomic mass is 16.1. The van der Waals surface area contributed by atoms with Crippen molar-refractivity contribution in [1.82, 2.24) is 9.97 Å². The number of nitrogens with zero attached hydrogens (tertiary/aromatic N) is 2. The van der Waals surface area contributed by atoms with Crippen LogP contribution in [0.3, 0.4) is 0 Å². The SMILES string of the molecule is Cc1cc(N)nc(-c2ccc(C(N)=O)cc2)n1. The molecule has 5 heteroatoms. The van der Waals surface area contributed by atoms with Crippen LogP contribution in [0.4, 0.5) is 5.82 Å². The predicted octanol–water partition coefficient (Wildman–Crippen LogP) is 1.13. The number of amides is 1. The Morgan fingerprint density at radius 1 is 1.18 bits per heavy atom. The molecule has 1 aromatic heterocycles. The Morgan fingerprint density at radius 2 is 1.82 bits per heavy atom. The number of aromatic nitrogens is 2. The Hall–Kier alpha value is -2.43. The van der Waals surface area contributed by atoms with Crippen LogP contribution in [0.2, 0.25) is 0 Å². The van der Waals surface area contributed by atoms with Crippen molar-refractivity contribution >= 4 is 11.7 Å². The molecule has 0 atom stereocenters. The lowest BCUT2D eigenvalue weighted by molar-refractivity contribution is 0.100. The fourth-order valence-corrected chi connectivity index (χ4v) is 1.51. The third kappa shape index (κ3) is 2.39. The van der Waals surface area contributed by atoms with E-state index in [1.165, 1.54) is 0 Å². The van der Waals surface area contributed by atoms with Gasteiger partial charge in [-0.05, 0) is 19.1 Å². The summed E-state index contributed by atoms with van der Waals surface area (Å²) in [4.78, 5) is 19.3. The standard InChI is InChI=1S/C12H12N4O/c1-7-6-10(13)16-12(15-7)9-4-2-8(3-5-9)11(14)17/h2-6H,1H3,(H2,14,17)(H2,13,15,16). The largest absolute Gasteiger partial charge is 0.384 e. The van der Waals surface area contributed by atoms with E-state index in [9.17, 15) is 4.79 Å². The zero-order chi connectivity index (χ0) is 12.4. The van der Waals surface area contributed by atoms with Crippen molar-refractivity contribution in [2.75, 3.05) is 5.73 Å². The zero-order valence-corrected chi connectivity index (χ0v) is 9.34. The first kappa shape index (κ1) is 11.1. The highest BCUT2D eigenvalue weighted by molar-refractivity contribution is 5.93. The van der Waals surface area contributed by atoms with Gasteiger partial charge in [-0.25, -0.2) is 9.97 Å². The van der Waals surface area contributed by atoms with Crippen LogP contribution in [0.15, 0.2) is 30.3 Å². The van der Waals surface area contributed by atoms with E-state index in [4.69, 9.17) is 11.5 Å². The molecule has 0 saturated carbocycles. The van der Waals surface area contributed by atoms with Crippen molar-refractivity contribution in [2.24, 2.45) is 5.73 Å². The van der Waals surface area contributed by atoms with Crippen molar-refractivity contribution < 1.29 is 4.79 Å². The van der Waals surface area contributed by atoms with Crippen molar-refractivity contribution in [3.05, 3.63) is 41.6 Å². The highest BCUT2D eigenvalue weighted by Gasteiger charge is 2.05. The molecule has 1 heterocycles. The smallest absolute Gasteiger partial charge is 0.248 e. The molecule has 5 nitrogen and oxygen atoms in total. The molecule has 86 valence electrons. The fraction of sp³-hybridized carbons (Fsp3) is 0.0833. The van der Waals surface area contributed by atoms with E-state index in [0.717, 1.165) is 11.3 Å². The number of rotatable bonds is 2. The molecule has 4 N–H and O–H groups in total. The monoisotopic (exact) mass is 228 g/mol. The summed E-state index contributed by atoms with van der Waals surface area (Å²) in [5.41, 5.74) is 12.9. The number of hydrogen-bond acceptors (Lipinski definition) is 4. The number of aryl methyl sites for hydroxylation is 1. The van der Waals surface area contributed by atoms with Gasteiger partial charge in [0.2, 0.25) is 5.91 Å². The van der Waals surface area contributed by atoms with Crippen LogP contribution in [0.5, 0.6) is 0 Å². The lowest BCUT2D eigenvalue weighted by Crippen LogP contribution is -2.10. The Morgan fingerprint density at radius 3 is 2.35 bits per heavy atom. The summed E-state index contributed by atoms with van der Waals surface area (Å²) in [7, 11) is 0. The van der Waals surface area contributed by atoms with E-state index >= 15 is 0 Å². The summed E-state index contributed by atoms with van der Waals surface area (Å²) >= 11 is 0. The van der Waals surface area contributed by atoms with Crippen molar-refractivity contribution in [2.45, 2.75) is 6.92 Å². The predicted molar refractivity (Wildman–Crippen MR) is 65.1 cm³/mol. The molecule has 2 aromatic rings. The van der Waals surface area contributed by atoms with Gasteiger partial charge in [0, 0.05) is 22.9 Å². The minimum absolute atomic E-state index is 0.423. The molecule has 0 unspecified atom stereocenters. The number of anilines is 1. The number of hydrogen-bond donors (Lipinski definition) is 2. The molecular formula is C12H12N4O. The van der Waals surface area contributed by atoms with Gasteiger partial charge >= 0.3 is 0 Å². The lowest BCUT2D eigenvalue weighted by Gasteiger charge is -2.03. The summed E-state index contributed by atoms with van der Waals surface area (Å²) in [6.45, 7) is 1.85. The van der Waals surface area contributed by atoms with Crippen LogP contribution in [0.25, 0.3) is 11.4 Å². The summed E-state index contributed by atoms with van der Waals surface area (Å²) in [5.74, 6) is 0.506. The average molecular weight is 228 g/mol. The van der Waals surface area contributed by atoms with E-state index in [-0.39, 0.29) is 0 Å². The molecular weight excluding hydrogens is 216 g/mol. The van der Waals surface area contributed by atoms with E-state index < -0.39 is 5.91 Å². The summed E-state index contributed by atoms with van der Waals surface area (Å²) < 4.78 is 0. The highest BCUT2D eigenvalue weighted by Crippen LogP contribution is 2.17. The molecule has 0 spiro atoms. The third-order valence-electron chi connectivity index (χ3n) is 2.30. The maximum absolute atomic E-state index is 10.9. The third-order valence-corrected chi connectivity index (χ3v) is 2.30. The van der Waals surface area contributed by atoms with Gasteiger partial charge in [-0.15, -0.1) is 0 Å². The molecule has 0 radical (unpaired) electrons. The number of nitrogens with two attached hydrogens (primary N) is 2. The van der Waals surface area contributed by atoms with Gasteiger partial charge in [-0.3, -0.25) is 4.79 Å². The van der Waals surface area contributed by atoms with Gasteiger partial charge in [-0.1, -0.05) is 12.1 Å². The van der Waals surface area contributed by atoms with Gasteiger partial charge < -0.3 is 11.5 Å². The summed E-state index contributed by atoms with van der Waals surface area (Å²) in [6.07, 6.45) is 0. The Balaban J connectivity index is 2.43. The van der Waals surface area contributed by atoms with Crippen molar-refractivity contribution in [3.63, 3.8) is 0 Å². The normalized spacial score (nSPS) is 10.2. The molecule has 1 amide bonds. The Labute approximate surface area is 98.5 Å². The van der Waals surface area contributed by atoms with Crippen LogP contribution in [0, 0.1) is 6.92 Å². The first-order valence-electron chi connectivity index (χ1n) is 5.07. The summed E-state index contributed by atoms with van der Waals surface area (Å²) in [5, 5.41) is 0. The first-order chi connectivity index (χ1) is 8.06. The molecule has 0 bridgehead atoms. The first-order valence-corrected chi connectivity index (χ1v) is 5.07. The average Bonchev–Trinajstić information content (AvgIpc) is 2.28. The second kappa shape index (κ2) is 4.21. The van der Waals surface area contributed by atoms with Crippen molar-refractivity contribution in [1.29, 1.82) is 0 Å². The van der Waals surface area contributed by atoms with Gasteiger partial charge in [-0.2, -0.15) is 0 Å². The zero-order valence-electron chi connectivity index (χ0n) is 9.34. The molecule has 0 saturated heterocycles. The number of benzene rings is 1. The maximum atomic E-state index is 10.9. The second-order valence-corrected chi connectivity index (χ2v) is 3.70. The molecule has 0 aliphatic heterocycles. The molecule has 0 fully saturated rings. The fourth-order valence-electron chi connectivity index (χ4n) is 1.51. The second-order valence-electron chi connectivity index (χ2n) is 3.70. The number of nitrogen functional groups attached to an aromatic ring is 1. The van der Waals surface area contributed by atoms with E-state index in [0.29, 0.717) is 17.2 Å². The van der Waals surface area contributed by atoms with Gasteiger partial charge in [0.1, 0.15) is 5.82 Å². The van der Waals surface area contributed by atoms with Gasteiger partial charge in [0.25, 0.3) is 0 Å². The van der Waals surface area contributed by atoms with Crippen LogP contribution >= 0.6 is 0 Å². The van der Waals surface area contributed by atoms with Crippen LogP contribution < -0.4 is 11.5 Å². The molecule has 0 aliphatic carbocycles. The minimum Gasteiger partial charge on any atom is -0.384 e. The van der Waals surface area contributed by atoms with E-state index in [1.807, 2.05) is 6.92 Å². The van der Waals surface area contributed by atoms with Crippen molar-refractivity contribution in [3.8, 4) is 11.4 Å². The Bertz CT molecular complexity index is 543. The summed E-state index contributed by atoms with van der Waals surface area (Å²) in [6, 6.07) is 8.46. The molecule has 1 aromatic carbocycles. The number of carbonyl (C=O) groups is 1. The Kier molecular flexibility index (Phi) is 2.74. The maximum Gasteiger partial charge on any atom is 0.248 e. The van der Waals surface area contributed by atoms with E-state index in [2.05, 4.69) is 9.97 Å². The quantitative estimate of drug-likeness (QED) is 0.805. The van der Waals surface area contributed by atoms with Crippen LogP contribution in [-0.2, 0) is 0 Å². The molecule has 0 aliphatic rings. The number of primary amides is 1. The van der Waals surface area contributed by atoms with Crippen LogP contribution in [0.1, 0.15) is 16.1 Å². The lowest BCUT2D eigenvalue weighted by atomic mass is 10.1. The minimum atomic E-state index is -0.457. The molecule has 17 heavy (non-hydrogen) atoms. The van der Waals surface area contributed by atoms with Gasteiger partial charge in [0.15, 0.2) is 5.82 Å². The van der Waals surface area contributed by atoms with Gasteiger partial charge in [0.05, 0.1) is 0 Å². The topological polar surface area (TPSA) is 94.9 Å². The van der Waals surface area contributed by atoms with E-state index in [1.54, 1.807) is 30.3 Å². The number of carbonyl (C=O) groups excluding carboxylic acids is 1. The molecule has 2 rings (SSSR count). The van der Waals surface area contributed by atoms with Crippen LogP contribution in [-0.4, -0.2) is 15.9 Å².